The Labute approximate surface area is 109 Å². The van der Waals surface area contributed by atoms with Crippen LogP contribution in [0.2, 0.25) is 0 Å². The van der Waals surface area contributed by atoms with E-state index in [1.807, 2.05) is 0 Å². The van der Waals surface area contributed by atoms with Crippen LogP contribution in [0.25, 0.3) is 11.1 Å². The normalized spacial score (nSPS) is 10.3. The zero-order chi connectivity index (χ0) is 14.0. The Hall–Kier alpha value is -2.23. The number of methoxy groups -OCH3 is 1. The third kappa shape index (κ3) is 2.62. The Morgan fingerprint density at radius 2 is 1.84 bits per heavy atom. The third-order valence-corrected chi connectivity index (χ3v) is 2.86. The average Bonchev–Trinajstić information content (AvgIpc) is 2.41. The van der Waals surface area contributed by atoms with Gasteiger partial charge in [0.1, 0.15) is 11.6 Å². The molecule has 0 saturated carbocycles. The Morgan fingerprint density at radius 1 is 1.11 bits per heavy atom. The fourth-order valence-corrected chi connectivity index (χ4v) is 1.86. The number of ether oxygens (including phenoxy) is 1. The Balaban J connectivity index is 2.61. The highest BCUT2D eigenvalue weighted by molar-refractivity contribution is 5.97. The molecular weight excluding hydrogens is 250 g/mol. The predicted octanol–water partition coefficient (Wildman–Crippen LogP) is 3.73. The molecule has 0 aliphatic rings. The van der Waals surface area contributed by atoms with Gasteiger partial charge in [-0.25, -0.2) is 13.6 Å². The van der Waals surface area contributed by atoms with E-state index in [0.29, 0.717) is 16.7 Å². The van der Waals surface area contributed by atoms with Gasteiger partial charge in [-0.1, -0.05) is 12.1 Å². The fraction of sp³-hybridized carbons (Fsp3) is 0.133. The number of esters is 1. The standard InChI is InChI=1S/C15H12F2O2/c1-9-7-10(3-6-14(9)17)12-5-4-11(16)8-13(12)15(18)19-2/h3-8H,1-2H3. The van der Waals surface area contributed by atoms with Crippen LogP contribution < -0.4 is 0 Å². The highest BCUT2D eigenvalue weighted by Gasteiger charge is 2.15. The molecule has 0 spiro atoms. The van der Waals surface area contributed by atoms with E-state index in [1.54, 1.807) is 19.1 Å². The minimum atomic E-state index is -0.628. The van der Waals surface area contributed by atoms with Crippen molar-refractivity contribution in [2.24, 2.45) is 0 Å². The lowest BCUT2D eigenvalue weighted by Gasteiger charge is -2.09. The molecule has 2 aromatic carbocycles. The molecule has 0 fully saturated rings. The van der Waals surface area contributed by atoms with Gasteiger partial charge in [-0.3, -0.25) is 0 Å². The van der Waals surface area contributed by atoms with Crippen molar-refractivity contribution >= 4 is 5.97 Å². The smallest absolute Gasteiger partial charge is 0.338 e. The van der Waals surface area contributed by atoms with E-state index in [4.69, 9.17) is 0 Å². The quantitative estimate of drug-likeness (QED) is 0.771. The molecule has 0 aromatic heterocycles. The first-order chi connectivity index (χ1) is 9.02. The average molecular weight is 262 g/mol. The lowest BCUT2D eigenvalue weighted by Crippen LogP contribution is -2.04. The van der Waals surface area contributed by atoms with Crippen LogP contribution >= 0.6 is 0 Å². The van der Waals surface area contributed by atoms with Crippen molar-refractivity contribution in [3.63, 3.8) is 0 Å². The van der Waals surface area contributed by atoms with E-state index in [9.17, 15) is 13.6 Å². The SMILES string of the molecule is COC(=O)c1cc(F)ccc1-c1ccc(F)c(C)c1. The summed E-state index contributed by atoms with van der Waals surface area (Å²) in [5.41, 5.74) is 1.72. The first kappa shape index (κ1) is 13.2. The second-order valence-corrected chi connectivity index (χ2v) is 4.15. The van der Waals surface area contributed by atoms with Crippen LogP contribution in [-0.2, 0) is 4.74 Å². The second-order valence-electron chi connectivity index (χ2n) is 4.15. The van der Waals surface area contributed by atoms with Crippen molar-refractivity contribution in [3.8, 4) is 11.1 Å². The van der Waals surface area contributed by atoms with Crippen molar-refractivity contribution in [1.82, 2.24) is 0 Å². The summed E-state index contributed by atoms with van der Waals surface area (Å²) in [6, 6.07) is 8.31. The molecule has 19 heavy (non-hydrogen) atoms. The molecule has 4 heteroatoms. The lowest BCUT2D eigenvalue weighted by molar-refractivity contribution is 0.0601. The highest BCUT2D eigenvalue weighted by atomic mass is 19.1. The van der Waals surface area contributed by atoms with E-state index in [2.05, 4.69) is 4.74 Å². The zero-order valence-electron chi connectivity index (χ0n) is 10.5. The summed E-state index contributed by atoms with van der Waals surface area (Å²) in [6.07, 6.45) is 0. The Kier molecular flexibility index (Phi) is 3.60. The molecule has 2 aromatic rings. The summed E-state index contributed by atoms with van der Waals surface area (Å²) in [5.74, 6) is -1.48. The van der Waals surface area contributed by atoms with E-state index < -0.39 is 11.8 Å². The summed E-state index contributed by atoms with van der Waals surface area (Å²) < 4.78 is 31.1. The number of benzene rings is 2. The van der Waals surface area contributed by atoms with Gasteiger partial charge in [0.25, 0.3) is 0 Å². The number of hydrogen-bond donors (Lipinski definition) is 0. The van der Waals surface area contributed by atoms with Crippen molar-refractivity contribution in [2.75, 3.05) is 7.11 Å². The Bertz CT molecular complexity index is 636. The van der Waals surface area contributed by atoms with Gasteiger partial charge in [0.05, 0.1) is 12.7 Å². The van der Waals surface area contributed by atoms with E-state index >= 15 is 0 Å². The summed E-state index contributed by atoms with van der Waals surface area (Å²) in [7, 11) is 1.23. The third-order valence-electron chi connectivity index (χ3n) is 2.86. The molecule has 2 rings (SSSR count). The first-order valence-electron chi connectivity index (χ1n) is 5.67. The van der Waals surface area contributed by atoms with Crippen molar-refractivity contribution in [2.45, 2.75) is 6.92 Å². The van der Waals surface area contributed by atoms with Crippen LogP contribution in [0, 0.1) is 18.6 Å². The predicted molar refractivity (Wildman–Crippen MR) is 67.9 cm³/mol. The van der Waals surface area contributed by atoms with Crippen molar-refractivity contribution < 1.29 is 18.3 Å². The van der Waals surface area contributed by atoms with Crippen LogP contribution in [0.1, 0.15) is 15.9 Å². The number of rotatable bonds is 2. The van der Waals surface area contributed by atoms with Crippen LogP contribution in [0.4, 0.5) is 8.78 Å². The van der Waals surface area contributed by atoms with Crippen molar-refractivity contribution in [3.05, 3.63) is 59.2 Å². The minimum Gasteiger partial charge on any atom is -0.465 e. The molecule has 0 aliphatic heterocycles. The van der Waals surface area contributed by atoms with Gasteiger partial charge in [0, 0.05) is 0 Å². The van der Waals surface area contributed by atoms with Crippen LogP contribution in [0.5, 0.6) is 0 Å². The molecule has 0 bridgehead atoms. The summed E-state index contributed by atoms with van der Waals surface area (Å²) in [6.45, 7) is 1.63. The van der Waals surface area contributed by atoms with Crippen LogP contribution in [-0.4, -0.2) is 13.1 Å². The molecule has 2 nitrogen and oxygen atoms in total. The summed E-state index contributed by atoms with van der Waals surface area (Å²) >= 11 is 0. The molecule has 0 aliphatic carbocycles. The molecule has 0 saturated heterocycles. The summed E-state index contributed by atoms with van der Waals surface area (Å²) in [5, 5.41) is 0. The largest absolute Gasteiger partial charge is 0.465 e. The Morgan fingerprint density at radius 3 is 2.47 bits per heavy atom. The maximum atomic E-state index is 13.3. The zero-order valence-corrected chi connectivity index (χ0v) is 10.5. The second kappa shape index (κ2) is 5.18. The molecular formula is C15H12F2O2. The van der Waals surface area contributed by atoms with E-state index in [0.717, 1.165) is 6.07 Å². The van der Waals surface area contributed by atoms with Gasteiger partial charge in [-0.15, -0.1) is 0 Å². The molecule has 98 valence electrons. The van der Waals surface area contributed by atoms with Gasteiger partial charge in [-0.05, 0) is 47.9 Å². The van der Waals surface area contributed by atoms with Gasteiger partial charge < -0.3 is 4.74 Å². The monoisotopic (exact) mass is 262 g/mol. The molecule has 0 atom stereocenters. The van der Waals surface area contributed by atoms with Crippen molar-refractivity contribution in [1.29, 1.82) is 0 Å². The van der Waals surface area contributed by atoms with Gasteiger partial charge in [0.15, 0.2) is 0 Å². The molecule has 0 unspecified atom stereocenters. The van der Waals surface area contributed by atoms with E-state index in [-0.39, 0.29) is 11.4 Å². The van der Waals surface area contributed by atoms with Crippen LogP contribution in [0.3, 0.4) is 0 Å². The van der Waals surface area contributed by atoms with Gasteiger partial charge >= 0.3 is 5.97 Å². The lowest BCUT2D eigenvalue weighted by atomic mass is 9.98. The topological polar surface area (TPSA) is 26.3 Å². The van der Waals surface area contributed by atoms with E-state index in [1.165, 1.54) is 25.3 Å². The number of aryl methyl sites for hydroxylation is 1. The van der Waals surface area contributed by atoms with Crippen LogP contribution in [0.15, 0.2) is 36.4 Å². The number of carbonyl (C=O) groups excluding carboxylic acids is 1. The molecule has 0 heterocycles. The van der Waals surface area contributed by atoms with Gasteiger partial charge in [-0.2, -0.15) is 0 Å². The molecule has 0 N–H and O–H groups in total. The number of hydrogen-bond acceptors (Lipinski definition) is 2. The summed E-state index contributed by atoms with van der Waals surface area (Å²) in [4.78, 5) is 11.6. The fourth-order valence-electron chi connectivity index (χ4n) is 1.86. The molecule has 0 radical (unpaired) electrons. The highest BCUT2D eigenvalue weighted by Crippen LogP contribution is 2.26. The number of halogens is 2. The maximum Gasteiger partial charge on any atom is 0.338 e. The minimum absolute atomic E-state index is 0.119. The van der Waals surface area contributed by atoms with Gasteiger partial charge in [0.2, 0.25) is 0 Å². The molecule has 0 amide bonds. The maximum absolute atomic E-state index is 13.3. The first-order valence-corrected chi connectivity index (χ1v) is 5.67. The number of carbonyl (C=O) groups is 1.